The van der Waals surface area contributed by atoms with Gasteiger partial charge in [-0.3, -0.25) is 4.90 Å². The summed E-state index contributed by atoms with van der Waals surface area (Å²) in [6.45, 7) is 1.90. The molecular weight excluding hydrogens is 182 g/mol. The number of carbonyl (C=O) groups is 1. The number of carboxylic acid groups (broad SMARTS) is 1. The van der Waals surface area contributed by atoms with Gasteiger partial charge in [0.05, 0.1) is 12.8 Å². The Labute approximate surface area is 82.7 Å². The summed E-state index contributed by atoms with van der Waals surface area (Å²) >= 11 is 0. The van der Waals surface area contributed by atoms with Gasteiger partial charge in [-0.1, -0.05) is 6.07 Å². The van der Waals surface area contributed by atoms with Crippen LogP contribution in [0.4, 0.5) is 10.5 Å². The van der Waals surface area contributed by atoms with E-state index in [0.29, 0.717) is 11.4 Å². The van der Waals surface area contributed by atoms with E-state index in [-0.39, 0.29) is 0 Å². The van der Waals surface area contributed by atoms with Crippen molar-refractivity contribution in [2.75, 3.05) is 19.1 Å². The first-order valence-electron chi connectivity index (χ1n) is 4.17. The smallest absolute Gasteiger partial charge is 0.411 e. The van der Waals surface area contributed by atoms with Gasteiger partial charge in [-0.2, -0.15) is 0 Å². The topological polar surface area (TPSA) is 49.8 Å². The lowest BCUT2D eigenvalue weighted by Gasteiger charge is -2.16. The molecule has 1 amide bonds. The van der Waals surface area contributed by atoms with Crippen molar-refractivity contribution in [1.82, 2.24) is 0 Å². The van der Waals surface area contributed by atoms with Gasteiger partial charge >= 0.3 is 6.09 Å². The third-order valence-corrected chi connectivity index (χ3v) is 1.98. The Morgan fingerprint density at radius 1 is 1.50 bits per heavy atom. The second-order valence-corrected chi connectivity index (χ2v) is 3.02. The number of nitrogens with zero attached hydrogens (tertiary/aromatic N) is 1. The van der Waals surface area contributed by atoms with E-state index in [1.54, 1.807) is 12.1 Å². The van der Waals surface area contributed by atoms with Gasteiger partial charge in [0.1, 0.15) is 5.75 Å². The normalized spacial score (nSPS) is 9.64. The second-order valence-electron chi connectivity index (χ2n) is 3.02. The molecule has 1 aromatic rings. The predicted octanol–water partition coefficient (Wildman–Crippen LogP) is 2.12. The van der Waals surface area contributed by atoms with Crippen molar-refractivity contribution in [2.24, 2.45) is 0 Å². The van der Waals surface area contributed by atoms with Crippen molar-refractivity contribution in [1.29, 1.82) is 0 Å². The molecule has 0 aliphatic heterocycles. The Balaban J connectivity index is 3.16. The Bertz CT molecular complexity index is 349. The maximum absolute atomic E-state index is 10.7. The highest BCUT2D eigenvalue weighted by molar-refractivity contribution is 5.87. The summed E-state index contributed by atoms with van der Waals surface area (Å²) in [5, 5.41) is 8.82. The lowest BCUT2D eigenvalue weighted by molar-refractivity contribution is 0.203. The molecule has 0 aliphatic rings. The maximum atomic E-state index is 10.7. The van der Waals surface area contributed by atoms with Crippen LogP contribution in [0.5, 0.6) is 5.75 Å². The summed E-state index contributed by atoms with van der Waals surface area (Å²) in [4.78, 5) is 11.9. The third kappa shape index (κ3) is 1.96. The van der Waals surface area contributed by atoms with Crippen LogP contribution in [0.3, 0.4) is 0 Å². The van der Waals surface area contributed by atoms with Crippen molar-refractivity contribution in [3.8, 4) is 5.75 Å². The number of methoxy groups -OCH3 is 1. The molecule has 0 aromatic heterocycles. The van der Waals surface area contributed by atoms with Gasteiger partial charge in [0.25, 0.3) is 0 Å². The first kappa shape index (κ1) is 10.4. The van der Waals surface area contributed by atoms with Crippen LogP contribution in [0.1, 0.15) is 5.56 Å². The van der Waals surface area contributed by atoms with Crippen LogP contribution in [-0.2, 0) is 0 Å². The zero-order valence-corrected chi connectivity index (χ0v) is 8.44. The molecule has 1 aromatic carbocycles. The van der Waals surface area contributed by atoms with E-state index in [4.69, 9.17) is 9.84 Å². The quantitative estimate of drug-likeness (QED) is 0.786. The van der Waals surface area contributed by atoms with Gasteiger partial charge in [-0.15, -0.1) is 0 Å². The molecule has 0 radical (unpaired) electrons. The first-order valence-corrected chi connectivity index (χ1v) is 4.17. The largest absolute Gasteiger partial charge is 0.495 e. The number of amides is 1. The van der Waals surface area contributed by atoms with Crippen molar-refractivity contribution >= 4 is 11.8 Å². The van der Waals surface area contributed by atoms with Crippen LogP contribution in [-0.4, -0.2) is 25.4 Å². The van der Waals surface area contributed by atoms with E-state index in [1.165, 1.54) is 14.2 Å². The molecular formula is C10H13NO3. The summed E-state index contributed by atoms with van der Waals surface area (Å²) in [5.74, 6) is 0.556. The van der Waals surface area contributed by atoms with Gasteiger partial charge in [-0.05, 0) is 24.6 Å². The fourth-order valence-corrected chi connectivity index (χ4v) is 1.17. The van der Waals surface area contributed by atoms with Crippen molar-refractivity contribution < 1.29 is 14.6 Å². The van der Waals surface area contributed by atoms with Gasteiger partial charge in [0.15, 0.2) is 0 Å². The Morgan fingerprint density at radius 3 is 2.64 bits per heavy atom. The minimum absolute atomic E-state index is 0.556. The monoisotopic (exact) mass is 195 g/mol. The van der Waals surface area contributed by atoms with E-state index in [2.05, 4.69) is 0 Å². The van der Waals surface area contributed by atoms with Gasteiger partial charge in [0.2, 0.25) is 0 Å². The van der Waals surface area contributed by atoms with Crippen LogP contribution >= 0.6 is 0 Å². The van der Waals surface area contributed by atoms with Gasteiger partial charge in [0, 0.05) is 7.05 Å². The highest BCUT2D eigenvalue weighted by Gasteiger charge is 2.13. The average Bonchev–Trinajstić information content (AvgIpc) is 2.16. The minimum Gasteiger partial charge on any atom is -0.495 e. The van der Waals surface area contributed by atoms with E-state index in [0.717, 1.165) is 10.5 Å². The standard InChI is InChI=1S/C10H13NO3/c1-7-4-5-9(14-3)8(6-7)11(2)10(12)13/h4-6H,1-3H3,(H,12,13). The molecule has 76 valence electrons. The molecule has 4 nitrogen and oxygen atoms in total. The van der Waals surface area contributed by atoms with Crippen LogP contribution in [0.2, 0.25) is 0 Å². The lowest BCUT2D eigenvalue weighted by Crippen LogP contribution is -2.24. The summed E-state index contributed by atoms with van der Waals surface area (Å²) in [6.07, 6.45) is -1.01. The van der Waals surface area contributed by atoms with Crippen molar-refractivity contribution in [3.05, 3.63) is 23.8 Å². The number of rotatable bonds is 2. The summed E-state index contributed by atoms with van der Waals surface area (Å²) in [7, 11) is 3.00. The number of benzene rings is 1. The first-order chi connectivity index (χ1) is 6.56. The van der Waals surface area contributed by atoms with Gasteiger partial charge < -0.3 is 9.84 Å². The van der Waals surface area contributed by atoms with Crippen LogP contribution < -0.4 is 9.64 Å². The fourth-order valence-electron chi connectivity index (χ4n) is 1.17. The van der Waals surface area contributed by atoms with Crippen LogP contribution in [0, 0.1) is 6.92 Å². The molecule has 0 spiro atoms. The van der Waals surface area contributed by atoms with E-state index >= 15 is 0 Å². The Hall–Kier alpha value is -1.71. The molecule has 0 unspecified atom stereocenters. The fraction of sp³-hybridized carbons (Fsp3) is 0.300. The van der Waals surface area contributed by atoms with Crippen LogP contribution in [0.25, 0.3) is 0 Å². The number of hydrogen-bond acceptors (Lipinski definition) is 2. The molecule has 1 rings (SSSR count). The molecule has 0 heterocycles. The molecule has 4 heteroatoms. The molecule has 0 saturated heterocycles. The van der Waals surface area contributed by atoms with Crippen molar-refractivity contribution in [2.45, 2.75) is 6.92 Å². The molecule has 14 heavy (non-hydrogen) atoms. The zero-order chi connectivity index (χ0) is 10.7. The zero-order valence-electron chi connectivity index (χ0n) is 8.44. The second kappa shape index (κ2) is 4.00. The number of anilines is 1. The maximum Gasteiger partial charge on any atom is 0.411 e. The minimum atomic E-state index is -1.01. The highest BCUT2D eigenvalue weighted by atomic mass is 16.5. The molecule has 0 fully saturated rings. The van der Waals surface area contributed by atoms with E-state index in [1.807, 2.05) is 13.0 Å². The Morgan fingerprint density at radius 2 is 2.14 bits per heavy atom. The molecule has 0 bridgehead atoms. The summed E-state index contributed by atoms with van der Waals surface area (Å²) in [5.41, 5.74) is 1.55. The molecule has 0 aliphatic carbocycles. The predicted molar refractivity (Wildman–Crippen MR) is 54.2 cm³/mol. The molecule has 0 atom stereocenters. The Kier molecular flexibility index (Phi) is 2.96. The number of ether oxygens (including phenoxy) is 1. The lowest BCUT2D eigenvalue weighted by atomic mass is 10.2. The molecule has 1 N–H and O–H groups in total. The van der Waals surface area contributed by atoms with Gasteiger partial charge in [-0.25, -0.2) is 4.79 Å². The number of aryl methyl sites for hydroxylation is 1. The highest BCUT2D eigenvalue weighted by Crippen LogP contribution is 2.28. The summed E-state index contributed by atoms with van der Waals surface area (Å²) < 4.78 is 5.07. The third-order valence-electron chi connectivity index (χ3n) is 1.98. The molecule has 0 saturated carbocycles. The average molecular weight is 195 g/mol. The van der Waals surface area contributed by atoms with E-state index in [9.17, 15) is 4.79 Å². The number of hydrogen-bond donors (Lipinski definition) is 1. The van der Waals surface area contributed by atoms with Crippen LogP contribution in [0.15, 0.2) is 18.2 Å². The van der Waals surface area contributed by atoms with Crippen molar-refractivity contribution in [3.63, 3.8) is 0 Å². The van der Waals surface area contributed by atoms with E-state index < -0.39 is 6.09 Å². The SMILES string of the molecule is COc1ccc(C)cc1N(C)C(=O)O. The summed E-state index contributed by atoms with van der Waals surface area (Å²) in [6, 6.07) is 5.40.